The maximum Gasteiger partial charge on any atom is 0.261 e. The van der Waals surface area contributed by atoms with Gasteiger partial charge in [-0.3, -0.25) is 9.59 Å². The maximum absolute atomic E-state index is 12.6. The predicted molar refractivity (Wildman–Crippen MR) is 102 cm³/mol. The molecule has 27 heavy (non-hydrogen) atoms. The molecule has 3 heterocycles. The molecular weight excluding hydrogens is 342 g/mol. The maximum atomic E-state index is 12.6. The number of anilines is 1. The van der Waals surface area contributed by atoms with E-state index in [2.05, 4.69) is 25.2 Å². The molecule has 0 spiro atoms. The van der Waals surface area contributed by atoms with Crippen LogP contribution in [0, 0.1) is 18.8 Å². The molecule has 5 rings (SSSR count). The van der Waals surface area contributed by atoms with Crippen LogP contribution in [0.3, 0.4) is 0 Å². The van der Waals surface area contributed by atoms with Gasteiger partial charge in [0.25, 0.3) is 11.5 Å². The van der Waals surface area contributed by atoms with Crippen LogP contribution in [0.15, 0.2) is 47.5 Å². The molecule has 1 saturated heterocycles. The van der Waals surface area contributed by atoms with Gasteiger partial charge in [0, 0.05) is 48.2 Å². The van der Waals surface area contributed by atoms with Crippen LogP contribution in [0.2, 0.25) is 0 Å². The summed E-state index contributed by atoms with van der Waals surface area (Å²) < 4.78 is 0. The van der Waals surface area contributed by atoms with E-state index in [4.69, 9.17) is 0 Å². The van der Waals surface area contributed by atoms with E-state index < -0.39 is 0 Å². The highest BCUT2D eigenvalue weighted by molar-refractivity contribution is 5.97. The predicted octanol–water partition coefficient (Wildman–Crippen LogP) is 1.49. The van der Waals surface area contributed by atoms with Crippen molar-refractivity contribution in [2.24, 2.45) is 11.8 Å². The van der Waals surface area contributed by atoms with Crippen molar-refractivity contribution in [2.45, 2.75) is 13.0 Å². The first kappa shape index (κ1) is 16.0. The van der Waals surface area contributed by atoms with Crippen LogP contribution in [0.4, 0.5) is 5.82 Å². The Morgan fingerprint density at radius 1 is 1.19 bits per heavy atom. The van der Waals surface area contributed by atoms with Gasteiger partial charge in [-0.05, 0) is 24.4 Å². The number of amides is 1. The Morgan fingerprint density at radius 2 is 1.96 bits per heavy atom. The molecule has 1 amide bonds. The van der Waals surface area contributed by atoms with Gasteiger partial charge in [-0.25, -0.2) is 9.97 Å². The van der Waals surface area contributed by atoms with Gasteiger partial charge in [0.05, 0.1) is 0 Å². The van der Waals surface area contributed by atoms with Gasteiger partial charge in [0.2, 0.25) is 0 Å². The number of carbonyl (C=O) groups is 1. The molecule has 2 aliphatic rings. The van der Waals surface area contributed by atoms with Gasteiger partial charge in [-0.2, -0.15) is 0 Å². The van der Waals surface area contributed by atoms with Crippen molar-refractivity contribution in [1.82, 2.24) is 20.3 Å². The number of aromatic nitrogens is 3. The van der Waals surface area contributed by atoms with Gasteiger partial charge in [0.1, 0.15) is 17.7 Å². The summed E-state index contributed by atoms with van der Waals surface area (Å²) in [6.45, 7) is 3.67. The number of para-hydroxylation sites is 1. The van der Waals surface area contributed by atoms with Crippen LogP contribution in [0.25, 0.3) is 10.9 Å². The normalized spacial score (nSPS) is 23.3. The van der Waals surface area contributed by atoms with Gasteiger partial charge in [-0.15, -0.1) is 0 Å². The lowest BCUT2D eigenvalue weighted by Crippen LogP contribution is -2.37. The number of aromatic amines is 1. The Kier molecular flexibility index (Phi) is 3.50. The lowest BCUT2D eigenvalue weighted by Gasteiger charge is -2.21. The van der Waals surface area contributed by atoms with Crippen LogP contribution in [0.5, 0.6) is 0 Å². The first-order chi connectivity index (χ1) is 13.1. The fourth-order valence-electron chi connectivity index (χ4n) is 4.09. The molecule has 2 aromatic heterocycles. The van der Waals surface area contributed by atoms with Crippen LogP contribution >= 0.6 is 0 Å². The molecule has 3 atom stereocenters. The first-order valence-corrected chi connectivity index (χ1v) is 9.07. The van der Waals surface area contributed by atoms with Gasteiger partial charge in [-0.1, -0.05) is 18.2 Å². The molecule has 2 fully saturated rings. The molecule has 3 aromatic rings. The third-order valence-electron chi connectivity index (χ3n) is 5.60. The van der Waals surface area contributed by atoms with Crippen molar-refractivity contribution in [3.05, 3.63) is 64.3 Å². The lowest BCUT2D eigenvalue weighted by molar-refractivity contribution is 0.0945. The fraction of sp³-hybridized carbons (Fsp3) is 0.300. The van der Waals surface area contributed by atoms with Crippen molar-refractivity contribution >= 4 is 22.6 Å². The Morgan fingerprint density at radius 3 is 2.74 bits per heavy atom. The highest BCUT2D eigenvalue weighted by Crippen LogP contribution is 2.46. The number of piperidine rings is 1. The average Bonchev–Trinajstić information content (AvgIpc) is 3.10. The SMILES string of the molecule is Cc1cc(N2C[C@@H]3C(NC(=O)c4cc5ccccc5[nH]c4=O)[C@@H]3C2)ncn1. The van der Waals surface area contributed by atoms with Gasteiger partial charge < -0.3 is 15.2 Å². The van der Waals surface area contributed by atoms with Crippen molar-refractivity contribution < 1.29 is 4.79 Å². The van der Waals surface area contributed by atoms with E-state index in [9.17, 15) is 9.59 Å². The smallest absolute Gasteiger partial charge is 0.261 e. The summed E-state index contributed by atoms with van der Waals surface area (Å²) in [7, 11) is 0. The highest BCUT2D eigenvalue weighted by Gasteiger charge is 2.56. The molecule has 7 nitrogen and oxygen atoms in total. The van der Waals surface area contributed by atoms with E-state index in [0.717, 1.165) is 35.5 Å². The minimum absolute atomic E-state index is 0.127. The number of benzene rings is 1. The van der Waals surface area contributed by atoms with Gasteiger partial charge >= 0.3 is 0 Å². The molecule has 0 bridgehead atoms. The Bertz CT molecular complexity index is 1100. The zero-order chi connectivity index (χ0) is 18.5. The lowest BCUT2D eigenvalue weighted by atomic mass is 10.1. The summed E-state index contributed by atoms with van der Waals surface area (Å²) in [6.07, 6.45) is 1.58. The van der Waals surface area contributed by atoms with E-state index in [0.29, 0.717) is 11.8 Å². The number of pyridine rings is 1. The van der Waals surface area contributed by atoms with E-state index >= 15 is 0 Å². The molecule has 2 N–H and O–H groups in total. The Balaban J connectivity index is 1.28. The zero-order valence-electron chi connectivity index (χ0n) is 14.8. The molecule has 1 aromatic carbocycles. The molecule has 1 saturated carbocycles. The average molecular weight is 361 g/mol. The van der Waals surface area contributed by atoms with Crippen molar-refractivity contribution in [2.75, 3.05) is 18.0 Å². The quantitative estimate of drug-likeness (QED) is 0.738. The third-order valence-corrected chi connectivity index (χ3v) is 5.60. The molecular formula is C20H19N5O2. The van der Waals surface area contributed by atoms with E-state index in [1.165, 1.54) is 0 Å². The minimum Gasteiger partial charge on any atom is -0.356 e. The Labute approximate surface area is 155 Å². The van der Waals surface area contributed by atoms with Crippen molar-refractivity contribution in [3.63, 3.8) is 0 Å². The first-order valence-electron chi connectivity index (χ1n) is 9.07. The van der Waals surface area contributed by atoms with Crippen LogP contribution in [-0.4, -0.2) is 40.0 Å². The van der Waals surface area contributed by atoms with Crippen molar-refractivity contribution in [1.29, 1.82) is 0 Å². The van der Waals surface area contributed by atoms with Crippen LogP contribution < -0.4 is 15.8 Å². The molecule has 1 unspecified atom stereocenters. The number of nitrogens with one attached hydrogen (secondary N) is 2. The summed E-state index contributed by atoms with van der Waals surface area (Å²) in [6, 6.07) is 11.2. The highest BCUT2D eigenvalue weighted by atomic mass is 16.2. The fourth-order valence-corrected chi connectivity index (χ4v) is 4.09. The third kappa shape index (κ3) is 2.75. The van der Waals surface area contributed by atoms with Crippen LogP contribution in [-0.2, 0) is 0 Å². The molecule has 7 heteroatoms. The number of fused-ring (bicyclic) bond motifs is 2. The molecule has 1 aliphatic heterocycles. The minimum atomic E-state index is -0.352. The number of aryl methyl sites for hydroxylation is 1. The second-order valence-electron chi connectivity index (χ2n) is 7.35. The summed E-state index contributed by atoms with van der Waals surface area (Å²) in [5.74, 6) is 1.45. The standard InChI is InChI=1S/C20H19N5O2/c1-11-6-17(22-10-21-11)25-8-14-15(9-25)18(14)24-20(27)13-7-12-4-2-3-5-16(12)23-19(13)26/h2-7,10,14-15,18H,8-9H2,1H3,(H,23,26)(H,24,27)/t14-,15+,18?. The van der Waals surface area contributed by atoms with Gasteiger partial charge in [0.15, 0.2) is 0 Å². The van der Waals surface area contributed by atoms with E-state index in [-0.39, 0.29) is 23.1 Å². The van der Waals surface area contributed by atoms with Crippen molar-refractivity contribution in [3.8, 4) is 0 Å². The van der Waals surface area contributed by atoms with Crippen LogP contribution in [0.1, 0.15) is 16.1 Å². The topological polar surface area (TPSA) is 91.0 Å². The summed E-state index contributed by atoms with van der Waals surface area (Å²) in [4.78, 5) is 38.3. The number of hydrogen-bond donors (Lipinski definition) is 2. The summed E-state index contributed by atoms with van der Waals surface area (Å²) >= 11 is 0. The monoisotopic (exact) mass is 361 g/mol. The van der Waals surface area contributed by atoms with E-state index in [1.54, 1.807) is 12.4 Å². The summed E-state index contributed by atoms with van der Waals surface area (Å²) in [5, 5.41) is 3.89. The second-order valence-corrected chi connectivity index (χ2v) is 7.35. The number of carbonyl (C=O) groups excluding carboxylic acids is 1. The number of hydrogen-bond acceptors (Lipinski definition) is 5. The molecule has 0 radical (unpaired) electrons. The van der Waals surface area contributed by atoms with E-state index in [1.807, 2.05) is 37.3 Å². The summed E-state index contributed by atoms with van der Waals surface area (Å²) in [5.41, 5.74) is 1.50. The largest absolute Gasteiger partial charge is 0.356 e. The molecule has 136 valence electrons. The number of H-pyrrole nitrogens is 1. The number of rotatable bonds is 3. The molecule has 1 aliphatic carbocycles. The Hall–Kier alpha value is -3.22. The number of nitrogens with zero attached hydrogens (tertiary/aromatic N) is 3. The zero-order valence-corrected chi connectivity index (χ0v) is 14.8. The second kappa shape index (κ2) is 5.90.